The van der Waals surface area contributed by atoms with Crippen LogP contribution in [0.4, 0.5) is 0 Å². The largest absolute Gasteiger partial charge is 0.462 e. The number of esters is 2. The van der Waals surface area contributed by atoms with Gasteiger partial charge in [0, 0.05) is 44.1 Å². The lowest BCUT2D eigenvalue weighted by Crippen LogP contribution is -2.56. The smallest absolute Gasteiger partial charge is 0.303 e. The van der Waals surface area contributed by atoms with E-state index in [0.29, 0.717) is 18.3 Å². The Balaban J connectivity index is 1.54. The van der Waals surface area contributed by atoms with Crippen molar-refractivity contribution < 1.29 is 33.8 Å². The van der Waals surface area contributed by atoms with Crippen LogP contribution in [0, 0.1) is 57.2 Å². The molecule has 0 bridgehead atoms. The summed E-state index contributed by atoms with van der Waals surface area (Å²) in [5.41, 5.74) is -0.000337. The van der Waals surface area contributed by atoms with Crippen LogP contribution in [0.1, 0.15) is 87.0 Å². The normalized spacial score (nSPS) is 44.3. The lowest BCUT2D eigenvalue weighted by molar-refractivity contribution is -0.166. The van der Waals surface area contributed by atoms with Crippen LogP contribution in [0.25, 0.3) is 0 Å². The van der Waals surface area contributed by atoms with E-state index in [-0.39, 0.29) is 63.2 Å². The summed E-state index contributed by atoms with van der Waals surface area (Å²) in [4.78, 5) is 51.1. The highest BCUT2D eigenvalue weighted by Crippen LogP contribution is 2.87. The topological polar surface area (TPSA) is 107 Å². The molecular formula is C34H48O7. The second-order valence-corrected chi connectivity index (χ2v) is 14.7. The molecule has 5 aliphatic rings. The number of carbonyl (C=O) groups excluding carboxylic acids is 4. The third kappa shape index (κ3) is 4.07. The summed E-state index contributed by atoms with van der Waals surface area (Å²) in [5, 5.41) is 9.69. The summed E-state index contributed by atoms with van der Waals surface area (Å²) >= 11 is 0. The molecule has 1 N–H and O–H groups in total. The van der Waals surface area contributed by atoms with Crippen molar-refractivity contribution in [3.8, 4) is 0 Å². The first-order chi connectivity index (χ1) is 19.1. The van der Waals surface area contributed by atoms with Gasteiger partial charge in [-0.1, -0.05) is 47.3 Å². The monoisotopic (exact) mass is 568 g/mol. The third-order valence-electron chi connectivity index (χ3n) is 13.1. The number of ketones is 2. The van der Waals surface area contributed by atoms with Crippen molar-refractivity contribution in [1.82, 2.24) is 0 Å². The first-order valence-corrected chi connectivity index (χ1v) is 15.5. The SMILES string of the molecule is C=C(C(=O)[C@H](OC(C)=O)[C@@H](C)[C@H]1[C@@H](OC(C)=O)C[C@@]2(C)C3CCC4C(C)C(=O)C=CC45CC35CC[C@]12C)[C@@H](C)CO. The average Bonchev–Trinajstić information content (AvgIpc) is 3.52. The highest BCUT2D eigenvalue weighted by atomic mass is 16.6. The molecule has 4 saturated carbocycles. The molecule has 5 rings (SSSR count). The molecule has 0 saturated heterocycles. The molecule has 12 atom stereocenters. The lowest BCUT2D eigenvalue weighted by atomic mass is 9.43. The predicted molar refractivity (Wildman–Crippen MR) is 153 cm³/mol. The Morgan fingerprint density at radius 2 is 1.78 bits per heavy atom. The fourth-order valence-corrected chi connectivity index (χ4v) is 10.9. The fraction of sp³-hybridized carbons (Fsp3) is 0.765. The van der Waals surface area contributed by atoms with Gasteiger partial charge in [-0.05, 0) is 83.7 Å². The van der Waals surface area contributed by atoms with E-state index in [2.05, 4.69) is 33.4 Å². The van der Waals surface area contributed by atoms with Gasteiger partial charge in [-0.25, -0.2) is 0 Å². The van der Waals surface area contributed by atoms with E-state index in [1.165, 1.54) is 13.8 Å². The van der Waals surface area contributed by atoms with Gasteiger partial charge in [-0.3, -0.25) is 19.2 Å². The lowest BCUT2D eigenvalue weighted by Gasteiger charge is -2.61. The summed E-state index contributed by atoms with van der Waals surface area (Å²) in [6, 6.07) is 0. The summed E-state index contributed by atoms with van der Waals surface area (Å²) in [6.45, 7) is 16.9. The third-order valence-corrected chi connectivity index (χ3v) is 13.1. The van der Waals surface area contributed by atoms with E-state index in [1.807, 2.05) is 13.0 Å². The van der Waals surface area contributed by atoms with Crippen molar-refractivity contribution in [2.24, 2.45) is 57.2 Å². The Labute approximate surface area is 244 Å². The molecular weight excluding hydrogens is 520 g/mol. The first kappa shape index (κ1) is 30.2. The molecule has 0 aromatic carbocycles. The molecule has 0 aliphatic heterocycles. The molecule has 0 amide bonds. The van der Waals surface area contributed by atoms with Gasteiger partial charge < -0.3 is 14.6 Å². The fourth-order valence-electron chi connectivity index (χ4n) is 10.9. The zero-order valence-electron chi connectivity index (χ0n) is 25.8. The number of aliphatic hydroxyl groups excluding tert-OH is 1. The molecule has 7 nitrogen and oxygen atoms in total. The predicted octanol–water partition coefficient (Wildman–Crippen LogP) is 5.24. The van der Waals surface area contributed by atoms with Crippen molar-refractivity contribution >= 4 is 23.5 Å². The molecule has 226 valence electrons. The van der Waals surface area contributed by atoms with Crippen molar-refractivity contribution in [2.75, 3.05) is 6.61 Å². The van der Waals surface area contributed by atoms with Gasteiger partial charge in [-0.15, -0.1) is 0 Å². The van der Waals surface area contributed by atoms with Crippen LogP contribution in [0.15, 0.2) is 24.3 Å². The van der Waals surface area contributed by atoms with Crippen molar-refractivity contribution in [3.05, 3.63) is 24.3 Å². The average molecular weight is 569 g/mol. The molecule has 4 fully saturated rings. The molecule has 0 aromatic rings. The summed E-state index contributed by atoms with van der Waals surface area (Å²) in [6.07, 6.45) is 8.38. The van der Waals surface area contributed by atoms with Gasteiger partial charge in [-0.2, -0.15) is 0 Å². The van der Waals surface area contributed by atoms with Crippen molar-refractivity contribution in [3.63, 3.8) is 0 Å². The Bertz CT molecular complexity index is 1200. The van der Waals surface area contributed by atoms with E-state index >= 15 is 0 Å². The van der Waals surface area contributed by atoms with Crippen LogP contribution in [0.3, 0.4) is 0 Å². The Morgan fingerprint density at radius 3 is 2.39 bits per heavy atom. The Hall–Kier alpha value is -2.28. The minimum absolute atomic E-state index is 0.0523. The van der Waals surface area contributed by atoms with Crippen LogP contribution in [-0.4, -0.2) is 47.4 Å². The van der Waals surface area contributed by atoms with Gasteiger partial charge in [0.15, 0.2) is 17.7 Å². The minimum Gasteiger partial charge on any atom is -0.462 e. The maximum absolute atomic E-state index is 13.7. The standard InChI is InChI=1S/C34H48O7/c1-18(16-35)19(2)29(39)30(41-23(6)37)21(4)28-26(40-22(5)36)15-32(8)27-10-9-24-20(3)25(38)11-12-33(24)17-34(27,33)14-13-31(28,32)7/h11-12,18,20-21,24,26-28,30,35H,2,9-10,13-17H2,1,3-8H3/t18-,20?,21-,24?,26-,27?,28-,30+,31+,32-,33?,34?/m0/s1. The summed E-state index contributed by atoms with van der Waals surface area (Å²) in [7, 11) is 0. The van der Waals surface area contributed by atoms with E-state index in [9.17, 15) is 24.3 Å². The zero-order chi connectivity index (χ0) is 30.3. The van der Waals surface area contributed by atoms with Crippen molar-refractivity contribution in [2.45, 2.75) is 99.2 Å². The van der Waals surface area contributed by atoms with Gasteiger partial charge >= 0.3 is 11.9 Å². The highest BCUT2D eigenvalue weighted by molar-refractivity contribution is 5.99. The van der Waals surface area contributed by atoms with Crippen LogP contribution in [0.2, 0.25) is 0 Å². The Morgan fingerprint density at radius 1 is 1.10 bits per heavy atom. The number of hydrogen-bond acceptors (Lipinski definition) is 7. The molecule has 0 heterocycles. The molecule has 0 radical (unpaired) electrons. The molecule has 7 heteroatoms. The van der Waals surface area contributed by atoms with E-state index < -0.39 is 30.0 Å². The van der Waals surface area contributed by atoms with Gasteiger partial charge in [0.2, 0.25) is 0 Å². The van der Waals surface area contributed by atoms with Crippen LogP contribution in [0.5, 0.6) is 0 Å². The second kappa shape index (κ2) is 9.89. The van der Waals surface area contributed by atoms with Gasteiger partial charge in [0.25, 0.3) is 0 Å². The second-order valence-electron chi connectivity index (χ2n) is 14.7. The summed E-state index contributed by atoms with van der Waals surface area (Å²) in [5.74, 6) is -1.31. The maximum atomic E-state index is 13.7. The number of rotatable bonds is 8. The quantitative estimate of drug-likeness (QED) is 0.315. The molecule has 5 unspecified atom stereocenters. The Kier molecular flexibility index (Phi) is 7.28. The minimum atomic E-state index is -1.08. The summed E-state index contributed by atoms with van der Waals surface area (Å²) < 4.78 is 11.8. The maximum Gasteiger partial charge on any atom is 0.303 e. The zero-order valence-corrected chi connectivity index (χ0v) is 25.8. The van der Waals surface area contributed by atoms with Crippen LogP contribution >= 0.6 is 0 Å². The number of carbonyl (C=O) groups is 4. The number of ether oxygens (including phenoxy) is 2. The first-order valence-electron chi connectivity index (χ1n) is 15.5. The van der Waals surface area contributed by atoms with Crippen LogP contribution in [-0.2, 0) is 28.7 Å². The van der Waals surface area contributed by atoms with Gasteiger partial charge in [0.05, 0.1) is 0 Å². The van der Waals surface area contributed by atoms with E-state index in [1.54, 1.807) is 6.92 Å². The molecule has 2 spiro atoms. The van der Waals surface area contributed by atoms with E-state index in [4.69, 9.17) is 9.47 Å². The van der Waals surface area contributed by atoms with Crippen LogP contribution < -0.4 is 0 Å². The number of fused-ring (bicyclic) bond motifs is 2. The van der Waals surface area contributed by atoms with Crippen molar-refractivity contribution in [1.29, 1.82) is 0 Å². The van der Waals surface area contributed by atoms with E-state index in [0.717, 1.165) is 32.1 Å². The number of aliphatic hydroxyl groups is 1. The molecule has 5 aliphatic carbocycles. The molecule has 41 heavy (non-hydrogen) atoms. The number of Topliss-reactive ketones (excluding diaryl/α,β-unsaturated/α-hetero) is 1. The molecule has 0 aromatic heterocycles. The highest BCUT2D eigenvalue weighted by Gasteiger charge is 2.81. The van der Waals surface area contributed by atoms with Gasteiger partial charge in [0.1, 0.15) is 6.10 Å². The number of hydrogen-bond donors (Lipinski definition) is 1. The number of allylic oxidation sites excluding steroid dienone is 2.